The molecule has 4 rings (SSSR count). The molecule has 2 saturated heterocycles. The van der Waals surface area contributed by atoms with Crippen LogP contribution in [0.1, 0.15) is 36.3 Å². The number of halogens is 1. The minimum absolute atomic E-state index is 0.00996. The van der Waals surface area contributed by atoms with Crippen LogP contribution >= 0.6 is 0 Å². The van der Waals surface area contributed by atoms with Crippen molar-refractivity contribution in [3.05, 3.63) is 71.5 Å². The number of hydrogen-bond acceptors (Lipinski definition) is 3. The van der Waals surface area contributed by atoms with Crippen molar-refractivity contribution in [1.82, 2.24) is 10.2 Å². The highest BCUT2D eigenvalue weighted by Crippen LogP contribution is 2.33. The number of carbonyl (C=O) groups excluding carboxylic acids is 2. The Hall–Kier alpha value is -2.89. The van der Waals surface area contributed by atoms with Crippen molar-refractivity contribution in [3.63, 3.8) is 0 Å². The number of ether oxygens (including phenoxy) is 1. The third-order valence-electron chi connectivity index (χ3n) is 5.75. The normalized spacial score (nSPS) is 19.2. The van der Waals surface area contributed by atoms with Gasteiger partial charge in [-0.2, -0.15) is 0 Å². The fourth-order valence-corrected chi connectivity index (χ4v) is 4.10. The molecule has 2 aliphatic rings. The molecule has 146 valence electrons. The van der Waals surface area contributed by atoms with Crippen molar-refractivity contribution in [2.45, 2.75) is 30.8 Å². The average molecular weight is 382 g/mol. The first-order valence-electron chi connectivity index (χ1n) is 9.60. The molecule has 0 unspecified atom stereocenters. The minimum Gasteiger partial charge on any atom is -0.441 e. The number of nitrogens with zero attached hydrogens (tertiary/aromatic N) is 1. The van der Waals surface area contributed by atoms with E-state index in [0.29, 0.717) is 38.0 Å². The Labute approximate surface area is 163 Å². The number of likely N-dealkylation sites (tertiary alicyclic amines) is 1. The Morgan fingerprint density at radius 2 is 1.79 bits per heavy atom. The quantitative estimate of drug-likeness (QED) is 0.881. The second kappa shape index (κ2) is 7.62. The summed E-state index contributed by atoms with van der Waals surface area (Å²) >= 11 is 0. The molecule has 5 nitrogen and oxygen atoms in total. The lowest BCUT2D eigenvalue weighted by Crippen LogP contribution is -2.48. The number of benzene rings is 2. The molecule has 2 heterocycles. The standard InChI is InChI=1S/C22H23FN2O3/c23-19-9-5-4-8-17(19)18(16-6-2-1-3-7-16)14-20(26)25-12-10-22(11-13-25)15-24-21(27)28-22/h1-9,18H,10-15H2,(H,24,27)/t18-/m0/s1. The van der Waals surface area contributed by atoms with Crippen molar-refractivity contribution >= 4 is 12.0 Å². The molecule has 1 N–H and O–H groups in total. The first-order valence-corrected chi connectivity index (χ1v) is 9.60. The molecular weight excluding hydrogens is 359 g/mol. The summed E-state index contributed by atoms with van der Waals surface area (Å²) in [6, 6.07) is 16.2. The molecule has 2 aromatic rings. The number of carbonyl (C=O) groups is 2. The molecule has 28 heavy (non-hydrogen) atoms. The van der Waals surface area contributed by atoms with Crippen molar-refractivity contribution in [2.24, 2.45) is 0 Å². The number of alkyl carbamates (subject to hydrolysis) is 1. The number of rotatable bonds is 4. The van der Waals surface area contributed by atoms with Gasteiger partial charge in [0.2, 0.25) is 5.91 Å². The lowest BCUT2D eigenvalue weighted by Gasteiger charge is -2.37. The molecule has 0 radical (unpaired) electrons. The smallest absolute Gasteiger partial charge is 0.407 e. The maximum absolute atomic E-state index is 14.5. The van der Waals surface area contributed by atoms with E-state index >= 15 is 0 Å². The second-order valence-corrected chi connectivity index (χ2v) is 7.50. The van der Waals surface area contributed by atoms with Crippen LogP contribution in [0.2, 0.25) is 0 Å². The topological polar surface area (TPSA) is 58.6 Å². The summed E-state index contributed by atoms with van der Waals surface area (Å²) in [6.07, 6.45) is 1.06. The van der Waals surface area contributed by atoms with Gasteiger partial charge in [0.25, 0.3) is 0 Å². The summed E-state index contributed by atoms with van der Waals surface area (Å²) in [6.45, 7) is 1.56. The van der Waals surface area contributed by atoms with Crippen molar-refractivity contribution in [1.29, 1.82) is 0 Å². The Bertz CT molecular complexity index is 863. The molecule has 0 aliphatic carbocycles. The fraction of sp³-hybridized carbons (Fsp3) is 0.364. The molecule has 2 aromatic carbocycles. The van der Waals surface area contributed by atoms with Gasteiger partial charge in [0.05, 0.1) is 6.54 Å². The van der Waals surface area contributed by atoms with Gasteiger partial charge in [-0.15, -0.1) is 0 Å². The summed E-state index contributed by atoms with van der Waals surface area (Å²) in [7, 11) is 0. The van der Waals surface area contributed by atoms with Crippen LogP contribution in [-0.2, 0) is 9.53 Å². The van der Waals surface area contributed by atoms with Crippen LogP contribution in [-0.4, -0.2) is 42.1 Å². The second-order valence-electron chi connectivity index (χ2n) is 7.50. The van der Waals surface area contributed by atoms with Crippen molar-refractivity contribution in [2.75, 3.05) is 19.6 Å². The monoisotopic (exact) mass is 382 g/mol. The van der Waals surface area contributed by atoms with E-state index < -0.39 is 5.60 Å². The molecular formula is C22H23FN2O3. The van der Waals surface area contributed by atoms with E-state index in [9.17, 15) is 14.0 Å². The third kappa shape index (κ3) is 3.72. The predicted molar refractivity (Wildman–Crippen MR) is 102 cm³/mol. The van der Waals surface area contributed by atoms with Gasteiger partial charge in [0, 0.05) is 38.3 Å². The van der Waals surface area contributed by atoms with Gasteiger partial charge >= 0.3 is 6.09 Å². The number of piperidine rings is 1. The predicted octanol–water partition coefficient (Wildman–Crippen LogP) is 3.45. The molecule has 1 atom stereocenters. The highest BCUT2D eigenvalue weighted by molar-refractivity contribution is 5.78. The summed E-state index contributed by atoms with van der Waals surface area (Å²) in [5, 5.41) is 2.70. The van der Waals surface area contributed by atoms with Crippen LogP contribution in [0.25, 0.3) is 0 Å². The van der Waals surface area contributed by atoms with Crippen LogP contribution < -0.4 is 5.32 Å². The SMILES string of the molecule is O=C1NCC2(CCN(C(=O)C[C@@H](c3ccccc3)c3ccccc3F)CC2)O1. The lowest BCUT2D eigenvalue weighted by molar-refractivity contribution is -0.134. The van der Waals surface area contributed by atoms with Crippen molar-refractivity contribution in [3.8, 4) is 0 Å². The average Bonchev–Trinajstić information content (AvgIpc) is 3.08. The van der Waals surface area contributed by atoms with Gasteiger partial charge in [-0.1, -0.05) is 48.5 Å². The Balaban J connectivity index is 1.49. The molecule has 2 aliphatic heterocycles. The zero-order valence-electron chi connectivity index (χ0n) is 15.6. The van der Waals surface area contributed by atoms with E-state index in [4.69, 9.17) is 4.74 Å². The van der Waals surface area contributed by atoms with Crippen LogP contribution in [0.5, 0.6) is 0 Å². The molecule has 0 saturated carbocycles. The van der Waals surface area contributed by atoms with E-state index in [1.54, 1.807) is 23.1 Å². The summed E-state index contributed by atoms with van der Waals surface area (Å²) in [5.41, 5.74) is 0.964. The van der Waals surface area contributed by atoms with E-state index in [1.807, 2.05) is 30.3 Å². The van der Waals surface area contributed by atoms with Gasteiger partial charge in [0.1, 0.15) is 11.4 Å². The van der Waals surface area contributed by atoms with E-state index in [1.165, 1.54) is 6.07 Å². The van der Waals surface area contributed by atoms with Crippen LogP contribution in [0.4, 0.5) is 9.18 Å². The van der Waals surface area contributed by atoms with Crippen LogP contribution in [0, 0.1) is 5.82 Å². The zero-order valence-corrected chi connectivity index (χ0v) is 15.6. The van der Waals surface area contributed by atoms with Gasteiger partial charge in [-0.25, -0.2) is 9.18 Å². The minimum atomic E-state index is -0.488. The molecule has 0 aromatic heterocycles. The molecule has 1 spiro atoms. The number of hydrogen-bond donors (Lipinski definition) is 1. The van der Waals surface area contributed by atoms with Gasteiger partial charge in [0.15, 0.2) is 0 Å². The first-order chi connectivity index (χ1) is 13.6. The van der Waals surface area contributed by atoms with Crippen LogP contribution in [0.3, 0.4) is 0 Å². The van der Waals surface area contributed by atoms with E-state index in [-0.39, 0.29) is 30.2 Å². The fourth-order valence-electron chi connectivity index (χ4n) is 4.10. The molecule has 6 heteroatoms. The number of amides is 2. The highest BCUT2D eigenvalue weighted by atomic mass is 19.1. The number of nitrogens with one attached hydrogen (secondary N) is 1. The van der Waals surface area contributed by atoms with E-state index in [0.717, 1.165) is 5.56 Å². The Morgan fingerprint density at radius 1 is 1.11 bits per heavy atom. The summed E-state index contributed by atoms with van der Waals surface area (Å²) in [5.74, 6) is -0.647. The largest absolute Gasteiger partial charge is 0.441 e. The highest BCUT2D eigenvalue weighted by Gasteiger charge is 2.43. The van der Waals surface area contributed by atoms with Crippen molar-refractivity contribution < 1.29 is 18.7 Å². The Morgan fingerprint density at radius 3 is 2.43 bits per heavy atom. The summed E-state index contributed by atoms with van der Waals surface area (Å²) in [4.78, 5) is 26.2. The van der Waals surface area contributed by atoms with Gasteiger partial charge in [-0.05, 0) is 17.2 Å². The molecule has 2 amide bonds. The van der Waals surface area contributed by atoms with Crippen LogP contribution in [0.15, 0.2) is 54.6 Å². The van der Waals surface area contributed by atoms with Gasteiger partial charge in [-0.3, -0.25) is 4.79 Å². The van der Waals surface area contributed by atoms with E-state index in [2.05, 4.69) is 5.32 Å². The first kappa shape index (κ1) is 18.5. The summed E-state index contributed by atoms with van der Waals surface area (Å²) < 4.78 is 19.9. The van der Waals surface area contributed by atoms with Gasteiger partial charge < -0.3 is 15.0 Å². The molecule has 2 fully saturated rings. The maximum Gasteiger partial charge on any atom is 0.407 e. The lowest BCUT2D eigenvalue weighted by atomic mass is 9.86. The Kier molecular flexibility index (Phi) is 5.03. The third-order valence-corrected chi connectivity index (χ3v) is 5.75. The zero-order chi connectivity index (χ0) is 19.6. The maximum atomic E-state index is 14.5. The molecule has 0 bridgehead atoms.